The van der Waals surface area contributed by atoms with Gasteiger partial charge in [0.1, 0.15) is 23.9 Å². The van der Waals surface area contributed by atoms with E-state index in [0.717, 1.165) is 29.0 Å². The number of esters is 1. The Balaban J connectivity index is 1.68. The summed E-state index contributed by atoms with van der Waals surface area (Å²) in [5.74, 6) is 1.96. The van der Waals surface area contributed by atoms with Crippen molar-refractivity contribution in [2.45, 2.75) is 39.7 Å². The van der Waals surface area contributed by atoms with Crippen LogP contribution in [0.15, 0.2) is 36.4 Å². The van der Waals surface area contributed by atoms with E-state index in [1.54, 1.807) is 14.2 Å². The Labute approximate surface area is 161 Å². The predicted octanol–water partition coefficient (Wildman–Crippen LogP) is 4.61. The molecule has 0 spiro atoms. The van der Waals surface area contributed by atoms with Gasteiger partial charge in [0, 0.05) is 24.1 Å². The standard InChI is InChI=1S/C22H28O5/c1-16-8-10-18(11-9-16)15-27-22(23)7-5-6-12-26-19-13-20(24-3)17(2)21(14-19)25-4/h8-11,13-14H,5-7,12,15H2,1-4H3. The topological polar surface area (TPSA) is 54.0 Å². The van der Waals surface area contributed by atoms with Gasteiger partial charge < -0.3 is 18.9 Å². The highest BCUT2D eigenvalue weighted by Crippen LogP contribution is 2.33. The minimum absolute atomic E-state index is 0.186. The number of benzene rings is 2. The van der Waals surface area contributed by atoms with Crippen LogP contribution in [0.25, 0.3) is 0 Å². The van der Waals surface area contributed by atoms with E-state index in [4.69, 9.17) is 18.9 Å². The van der Waals surface area contributed by atoms with Crippen LogP contribution in [0.1, 0.15) is 36.0 Å². The number of ether oxygens (including phenoxy) is 4. The summed E-state index contributed by atoms with van der Waals surface area (Å²) in [5, 5.41) is 0. The molecule has 0 fully saturated rings. The lowest BCUT2D eigenvalue weighted by Crippen LogP contribution is -2.06. The first kappa shape index (κ1) is 20.6. The van der Waals surface area contributed by atoms with Gasteiger partial charge >= 0.3 is 5.97 Å². The molecule has 5 heteroatoms. The summed E-state index contributed by atoms with van der Waals surface area (Å²) in [6.07, 6.45) is 1.86. The maximum atomic E-state index is 11.8. The van der Waals surface area contributed by atoms with Crippen LogP contribution in [-0.4, -0.2) is 26.8 Å². The van der Waals surface area contributed by atoms with Crippen LogP contribution in [0.4, 0.5) is 0 Å². The highest BCUT2D eigenvalue weighted by molar-refractivity contribution is 5.69. The van der Waals surface area contributed by atoms with E-state index in [0.29, 0.717) is 31.8 Å². The number of unbranched alkanes of at least 4 members (excludes halogenated alkanes) is 1. The maximum absolute atomic E-state index is 11.8. The number of aryl methyl sites for hydroxylation is 1. The van der Waals surface area contributed by atoms with Gasteiger partial charge in [0.05, 0.1) is 20.8 Å². The molecule has 0 heterocycles. The average molecular weight is 372 g/mol. The van der Waals surface area contributed by atoms with E-state index < -0.39 is 0 Å². The Bertz CT molecular complexity index is 712. The molecule has 0 atom stereocenters. The normalized spacial score (nSPS) is 10.4. The fraction of sp³-hybridized carbons (Fsp3) is 0.409. The van der Waals surface area contributed by atoms with Crippen molar-refractivity contribution in [3.05, 3.63) is 53.1 Å². The van der Waals surface area contributed by atoms with Gasteiger partial charge in [-0.2, -0.15) is 0 Å². The lowest BCUT2D eigenvalue weighted by Gasteiger charge is -2.13. The Hall–Kier alpha value is -2.69. The van der Waals surface area contributed by atoms with Crippen LogP contribution in [0.5, 0.6) is 17.2 Å². The van der Waals surface area contributed by atoms with Gasteiger partial charge in [-0.05, 0) is 32.3 Å². The van der Waals surface area contributed by atoms with E-state index in [1.165, 1.54) is 5.56 Å². The highest BCUT2D eigenvalue weighted by Gasteiger charge is 2.09. The van der Waals surface area contributed by atoms with Crippen LogP contribution >= 0.6 is 0 Å². The van der Waals surface area contributed by atoms with E-state index in [2.05, 4.69) is 0 Å². The lowest BCUT2D eigenvalue weighted by atomic mass is 10.2. The molecule has 0 aliphatic carbocycles. The van der Waals surface area contributed by atoms with Gasteiger partial charge in [-0.1, -0.05) is 29.8 Å². The number of rotatable bonds is 10. The quantitative estimate of drug-likeness (QED) is 0.450. The Morgan fingerprint density at radius 3 is 2.15 bits per heavy atom. The Morgan fingerprint density at radius 2 is 1.56 bits per heavy atom. The van der Waals surface area contributed by atoms with Crippen molar-refractivity contribution in [2.24, 2.45) is 0 Å². The number of carbonyl (C=O) groups is 1. The largest absolute Gasteiger partial charge is 0.496 e. The minimum atomic E-state index is -0.186. The minimum Gasteiger partial charge on any atom is -0.496 e. The smallest absolute Gasteiger partial charge is 0.306 e. The van der Waals surface area contributed by atoms with Gasteiger partial charge in [0.15, 0.2) is 0 Å². The Morgan fingerprint density at radius 1 is 0.926 bits per heavy atom. The molecule has 0 aliphatic rings. The third-order valence-electron chi connectivity index (χ3n) is 4.29. The summed E-state index contributed by atoms with van der Waals surface area (Å²) < 4.78 is 21.7. The van der Waals surface area contributed by atoms with Gasteiger partial charge in [0.2, 0.25) is 0 Å². The molecule has 0 unspecified atom stereocenters. The summed E-state index contributed by atoms with van der Waals surface area (Å²) in [6.45, 7) is 4.80. The second kappa shape index (κ2) is 10.5. The van der Waals surface area contributed by atoms with E-state index in [1.807, 2.05) is 50.2 Å². The third kappa shape index (κ3) is 6.51. The zero-order valence-corrected chi connectivity index (χ0v) is 16.5. The zero-order valence-electron chi connectivity index (χ0n) is 16.5. The SMILES string of the molecule is COc1cc(OCCCCC(=O)OCc2ccc(C)cc2)cc(OC)c1C. The monoisotopic (exact) mass is 372 g/mol. The second-order valence-electron chi connectivity index (χ2n) is 6.40. The van der Waals surface area contributed by atoms with Crippen LogP contribution in [-0.2, 0) is 16.1 Å². The molecule has 0 saturated carbocycles. The summed E-state index contributed by atoms with van der Waals surface area (Å²) >= 11 is 0. The summed E-state index contributed by atoms with van der Waals surface area (Å²) in [5.41, 5.74) is 3.12. The first-order valence-electron chi connectivity index (χ1n) is 9.10. The average Bonchev–Trinajstić information content (AvgIpc) is 2.68. The first-order chi connectivity index (χ1) is 13.0. The van der Waals surface area contributed by atoms with Gasteiger partial charge in [0.25, 0.3) is 0 Å². The van der Waals surface area contributed by atoms with Crippen molar-refractivity contribution < 1.29 is 23.7 Å². The predicted molar refractivity (Wildman–Crippen MR) is 105 cm³/mol. The van der Waals surface area contributed by atoms with Crippen LogP contribution in [0.2, 0.25) is 0 Å². The molecule has 0 aliphatic heterocycles. The van der Waals surface area contributed by atoms with E-state index in [9.17, 15) is 4.79 Å². The molecule has 0 N–H and O–H groups in total. The molecule has 2 rings (SSSR count). The Kier molecular flexibility index (Phi) is 7.99. The van der Waals surface area contributed by atoms with Crippen molar-refractivity contribution in [1.82, 2.24) is 0 Å². The van der Waals surface area contributed by atoms with Crippen molar-refractivity contribution in [3.8, 4) is 17.2 Å². The number of methoxy groups -OCH3 is 2. The summed E-state index contributed by atoms with van der Waals surface area (Å²) in [4.78, 5) is 11.8. The molecule has 0 radical (unpaired) electrons. The first-order valence-corrected chi connectivity index (χ1v) is 9.10. The summed E-state index contributed by atoms with van der Waals surface area (Å²) in [6, 6.07) is 11.6. The third-order valence-corrected chi connectivity index (χ3v) is 4.29. The number of hydrogen-bond donors (Lipinski definition) is 0. The number of hydrogen-bond acceptors (Lipinski definition) is 5. The highest BCUT2D eigenvalue weighted by atomic mass is 16.5. The molecule has 0 amide bonds. The zero-order chi connectivity index (χ0) is 19.6. The van der Waals surface area contributed by atoms with Crippen LogP contribution in [0, 0.1) is 13.8 Å². The molecule has 2 aromatic carbocycles. The van der Waals surface area contributed by atoms with Crippen molar-refractivity contribution in [2.75, 3.05) is 20.8 Å². The molecule has 0 bridgehead atoms. The molecule has 0 saturated heterocycles. The van der Waals surface area contributed by atoms with Gasteiger partial charge in [-0.3, -0.25) is 4.79 Å². The molecule has 0 aromatic heterocycles. The fourth-order valence-electron chi connectivity index (χ4n) is 2.63. The van der Waals surface area contributed by atoms with Gasteiger partial charge in [-0.25, -0.2) is 0 Å². The molecule has 27 heavy (non-hydrogen) atoms. The number of carbonyl (C=O) groups excluding carboxylic acids is 1. The van der Waals surface area contributed by atoms with E-state index in [-0.39, 0.29) is 5.97 Å². The van der Waals surface area contributed by atoms with Crippen molar-refractivity contribution in [1.29, 1.82) is 0 Å². The maximum Gasteiger partial charge on any atom is 0.306 e. The van der Waals surface area contributed by atoms with Crippen LogP contribution < -0.4 is 14.2 Å². The van der Waals surface area contributed by atoms with Crippen molar-refractivity contribution >= 4 is 5.97 Å². The lowest BCUT2D eigenvalue weighted by molar-refractivity contribution is -0.145. The van der Waals surface area contributed by atoms with E-state index >= 15 is 0 Å². The molecular weight excluding hydrogens is 344 g/mol. The molecule has 2 aromatic rings. The fourth-order valence-corrected chi connectivity index (χ4v) is 2.63. The summed E-state index contributed by atoms with van der Waals surface area (Å²) in [7, 11) is 3.24. The van der Waals surface area contributed by atoms with Crippen LogP contribution in [0.3, 0.4) is 0 Å². The molecule has 5 nitrogen and oxygen atoms in total. The van der Waals surface area contributed by atoms with Crippen molar-refractivity contribution in [3.63, 3.8) is 0 Å². The molecule has 146 valence electrons. The van der Waals surface area contributed by atoms with Gasteiger partial charge in [-0.15, -0.1) is 0 Å². The molecular formula is C22H28O5. The second-order valence-corrected chi connectivity index (χ2v) is 6.40.